The van der Waals surface area contributed by atoms with E-state index in [1.54, 1.807) is 41.3 Å². The zero-order chi connectivity index (χ0) is 17.5. The predicted octanol–water partition coefficient (Wildman–Crippen LogP) is 3.41. The first-order valence-corrected chi connectivity index (χ1v) is 8.15. The van der Waals surface area contributed by atoms with Gasteiger partial charge in [-0.25, -0.2) is 4.79 Å². The molecule has 0 spiro atoms. The average Bonchev–Trinajstić information content (AvgIpc) is 2.68. The van der Waals surface area contributed by atoms with Crippen LogP contribution < -0.4 is 4.74 Å². The van der Waals surface area contributed by atoms with E-state index in [1.165, 1.54) is 6.08 Å². The van der Waals surface area contributed by atoms with Gasteiger partial charge in [0.25, 0.3) is 0 Å². The Bertz CT molecular complexity index is 764. The van der Waals surface area contributed by atoms with Crippen molar-refractivity contribution >= 4 is 18.0 Å². The van der Waals surface area contributed by atoms with Gasteiger partial charge in [-0.2, -0.15) is 0 Å². The molecule has 0 aromatic heterocycles. The Morgan fingerprint density at radius 3 is 2.40 bits per heavy atom. The van der Waals surface area contributed by atoms with E-state index in [2.05, 4.69) is 0 Å². The van der Waals surface area contributed by atoms with Gasteiger partial charge >= 0.3 is 6.09 Å². The lowest BCUT2D eigenvalue weighted by molar-refractivity contribution is 0.0416. The fourth-order valence-corrected chi connectivity index (χ4v) is 2.48. The van der Waals surface area contributed by atoms with E-state index in [-0.39, 0.29) is 5.78 Å². The Hall–Kier alpha value is -2.92. The molecular weight excluding hydrogens is 318 g/mol. The van der Waals surface area contributed by atoms with Crippen molar-refractivity contribution in [2.24, 2.45) is 0 Å². The number of ketones is 1. The van der Waals surface area contributed by atoms with Crippen molar-refractivity contribution in [3.8, 4) is 5.75 Å². The van der Waals surface area contributed by atoms with Crippen molar-refractivity contribution in [1.29, 1.82) is 0 Å². The van der Waals surface area contributed by atoms with Crippen molar-refractivity contribution < 1.29 is 19.1 Å². The second-order valence-corrected chi connectivity index (χ2v) is 5.57. The fraction of sp³-hybridized carbons (Fsp3) is 0.200. The summed E-state index contributed by atoms with van der Waals surface area (Å²) < 4.78 is 10.7. The van der Waals surface area contributed by atoms with Crippen LogP contribution in [0, 0.1) is 0 Å². The molecule has 5 nitrogen and oxygen atoms in total. The lowest BCUT2D eigenvalue weighted by Gasteiger charge is -2.26. The quantitative estimate of drug-likeness (QED) is 0.634. The van der Waals surface area contributed by atoms with Crippen LogP contribution in [-0.4, -0.2) is 43.1 Å². The number of hydrogen-bond acceptors (Lipinski definition) is 4. The van der Waals surface area contributed by atoms with Crippen LogP contribution in [0.5, 0.6) is 5.75 Å². The maximum absolute atomic E-state index is 12.2. The van der Waals surface area contributed by atoms with Crippen molar-refractivity contribution in [3.05, 3.63) is 71.8 Å². The van der Waals surface area contributed by atoms with Crippen LogP contribution in [0.3, 0.4) is 0 Å². The summed E-state index contributed by atoms with van der Waals surface area (Å²) in [5.74, 6) is 0.325. The molecule has 1 fully saturated rings. The molecule has 3 rings (SSSR count). The highest BCUT2D eigenvalue weighted by molar-refractivity contribution is 6.06. The van der Waals surface area contributed by atoms with Gasteiger partial charge in [-0.15, -0.1) is 0 Å². The molecule has 2 aromatic carbocycles. The third-order valence-corrected chi connectivity index (χ3v) is 3.86. The Labute approximate surface area is 146 Å². The second kappa shape index (κ2) is 8.26. The molecule has 0 saturated carbocycles. The first-order valence-electron chi connectivity index (χ1n) is 8.15. The van der Waals surface area contributed by atoms with E-state index < -0.39 is 6.09 Å². The lowest BCUT2D eigenvalue weighted by Crippen LogP contribution is -2.42. The minimum absolute atomic E-state index is 0.102. The molecule has 128 valence electrons. The van der Waals surface area contributed by atoms with Gasteiger partial charge in [0, 0.05) is 24.2 Å². The van der Waals surface area contributed by atoms with Gasteiger partial charge in [-0.1, -0.05) is 48.5 Å². The van der Waals surface area contributed by atoms with E-state index in [9.17, 15) is 9.59 Å². The van der Waals surface area contributed by atoms with Crippen LogP contribution in [0.2, 0.25) is 0 Å². The topological polar surface area (TPSA) is 55.8 Å². The van der Waals surface area contributed by atoms with Crippen LogP contribution in [-0.2, 0) is 4.74 Å². The van der Waals surface area contributed by atoms with Gasteiger partial charge in [-0.05, 0) is 18.2 Å². The zero-order valence-corrected chi connectivity index (χ0v) is 13.8. The van der Waals surface area contributed by atoms with Crippen molar-refractivity contribution in [2.45, 2.75) is 0 Å². The number of amides is 1. The normalized spacial score (nSPS) is 14.5. The van der Waals surface area contributed by atoms with Gasteiger partial charge in [0.05, 0.1) is 13.2 Å². The number of allylic oxidation sites excluding steroid dienone is 1. The number of ether oxygens (including phenoxy) is 2. The molecule has 1 saturated heterocycles. The number of morpholine rings is 1. The molecule has 1 amide bonds. The Morgan fingerprint density at radius 1 is 0.960 bits per heavy atom. The monoisotopic (exact) mass is 337 g/mol. The molecule has 1 heterocycles. The number of para-hydroxylation sites is 1. The van der Waals surface area contributed by atoms with E-state index in [1.807, 2.05) is 24.3 Å². The number of rotatable bonds is 4. The smallest absolute Gasteiger partial charge is 0.410 e. The average molecular weight is 337 g/mol. The number of benzene rings is 2. The lowest BCUT2D eigenvalue weighted by atomic mass is 10.1. The number of hydrogen-bond donors (Lipinski definition) is 0. The SMILES string of the molecule is O=C(C=Cc1ccccc1OC(=O)N1CCOCC1)c1ccccc1. The molecule has 1 aliphatic rings. The summed E-state index contributed by atoms with van der Waals surface area (Å²) in [6.45, 7) is 2.07. The molecule has 25 heavy (non-hydrogen) atoms. The standard InChI is InChI=1S/C20H19NO4/c22-18(16-6-2-1-3-7-16)11-10-17-8-4-5-9-19(17)25-20(23)21-12-14-24-15-13-21/h1-11H,12-15H2. The first kappa shape index (κ1) is 16.9. The van der Waals surface area contributed by atoms with Crippen LogP contribution >= 0.6 is 0 Å². The highest BCUT2D eigenvalue weighted by Crippen LogP contribution is 2.21. The molecular formula is C20H19NO4. The van der Waals surface area contributed by atoms with Crippen LogP contribution in [0.25, 0.3) is 6.08 Å². The highest BCUT2D eigenvalue weighted by atomic mass is 16.6. The predicted molar refractivity (Wildman–Crippen MR) is 94.7 cm³/mol. The maximum Gasteiger partial charge on any atom is 0.415 e. The molecule has 5 heteroatoms. The first-order chi connectivity index (χ1) is 12.2. The van der Waals surface area contributed by atoms with Crippen molar-refractivity contribution in [2.75, 3.05) is 26.3 Å². The largest absolute Gasteiger partial charge is 0.415 e. The summed E-state index contributed by atoms with van der Waals surface area (Å²) in [5, 5.41) is 0. The minimum atomic E-state index is -0.404. The molecule has 0 unspecified atom stereocenters. The Kier molecular flexibility index (Phi) is 5.59. The van der Waals surface area contributed by atoms with Crippen LogP contribution in [0.15, 0.2) is 60.7 Å². The van der Waals surface area contributed by atoms with Gasteiger partial charge < -0.3 is 14.4 Å². The molecule has 0 radical (unpaired) electrons. The highest BCUT2D eigenvalue weighted by Gasteiger charge is 2.19. The molecule has 2 aromatic rings. The maximum atomic E-state index is 12.2. The summed E-state index contributed by atoms with van der Waals surface area (Å²) >= 11 is 0. The Balaban J connectivity index is 1.71. The molecule has 1 aliphatic heterocycles. The molecule has 0 atom stereocenters. The minimum Gasteiger partial charge on any atom is -0.410 e. The number of carbonyl (C=O) groups excluding carboxylic acids is 2. The van der Waals surface area contributed by atoms with Gasteiger partial charge in [0.15, 0.2) is 5.78 Å². The van der Waals surface area contributed by atoms with Crippen molar-refractivity contribution in [1.82, 2.24) is 4.90 Å². The summed E-state index contributed by atoms with van der Waals surface area (Å²) in [6, 6.07) is 16.2. The van der Waals surface area contributed by atoms with Crippen LogP contribution in [0.1, 0.15) is 15.9 Å². The number of nitrogens with zero attached hydrogens (tertiary/aromatic N) is 1. The van der Waals surface area contributed by atoms with Gasteiger partial charge in [-0.3, -0.25) is 4.79 Å². The summed E-state index contributed by atoms with van der Waals surface area (Å²) in [6.07, 6.45) is 2.74. The van der Waals surface area contributed by atoms with E-state index in [0.717, 1.165) is 0 Å². The Morgan fingerprint density at radius 2 is 1.64 bits per heavy atom. The zero-order valence-electron chi connectivity index (χ0n) is 13.8. The fourth-order valence-electron chi connectivity index (χ4n) is 2.48. The van der Waals surface area contributed by atoms with E-state index in [0.29, 0.717) is 43.2 Å². The van der Waals surface area contributed by atoms with Crippen LogP contribution in [0.4, 0.5) is 4.79 Å². The molecule has 0 bridgehead atoms. The van der Waals surface area contributed by atoms with E-state index in [4.69, 9.17) is 9.47 Å². The van der Waals surface area contributed by atoms with Gasteiger partial charge in [0.2, 0.25) is 0 Å². The second-order valence-electron chi connectivity index (χ2n) is 5.57. The van der Waals surface area contributed by atoms with Gasteiger partial charge in [0.1, 0.15) is 5.75 Å². The third-order valence-electron chi connectivity index (χ3n) is 3.86. The number of carbonyl (C=O) groups is 2. The summed E-state index contributed by atoms with van der Waals surface area (Å²) in [7, 11) is 0. The third kappa shape index (κ3) is 4.55. The summed E-state index contributed by atoms with van der Waals surface area (Å²) in [4.78, 5) is 26.0. The molecule has 0 N–H and O–H groups in total. The van der Waals surface area contributed by atoms with E-state index >= 15 is 0 Å². The molecule has 0 aliphatic carbocycles. The van der Waals surface area contributed by atoms with Crippen molar-refractivity contribution in [3.63, 3.8) is 0 Å². The summed E-state index contributed by atoms with van der Waals surface area (Å²) in [5.41, 5.74) is 1.29.